The van der Waals surface area contributed by atoms with Gasteiger partial charge in [0.2, 0.25) is 0 Å². The quantitative estimate of drug-likeness (QED) is 0.213. The zero-order valence-electron chi connectivity index (χ0n) is 22.5. The smallest absolute Gasteiger partial charge is 0.322 e. The molecule has 2 atom stereocenters. The number of aliphatic hydroxyl groups is 1. The third-order valence-corrected chi connectivity index (χ3v) is 7.74. The number of nitrogens with one attached hydrogen (secondary N) is 3. The summed E-state index contributed by atoms with van der Waals surface area (Å²) in [5, 5.41) is 20.4. The second-order valence-corrected chi connectivity index (χ2v) is 10.7. The van der Waals surface area contributed by atoms with Crippen LogP contribution in [-0.4, -0.2) is 55.5 Å². The van der Waals surface area contributed by atoms with Crippen LogP contribution in [0, 0.1) is 0 Å². The minimum Gasteiger partial charge on any atom is -0.374 e. The van der Waals surface area contributed by atoms with Crippen molar-refractivity contribution in [3.05, 3.63) is 87.9 Å². The monoisotopic (exact) mass is 569 g/mol. The van der Waals surface area contributed by atoms with E-state index in [2.05, 4.69) is 33.0 Å². The van der Waals surface area contributed by atoms with E-state index in [-0.39, 0.29) is 12.1 Å². The number of aryl methyl sites for hydroxylation is 1. The van der Waals surface area contributed by atoms with Gasteiger partial charge in [0.05, 0.1) is 15.7 Å². The van der Waals surface area contributed by atoms with Crippen molar-refractivity contribution in [2.45, 2.75) is 38.5 Å². The molecule has 208 valence electrons. The second kappa shape index (κ2) is 13.9. The summed E-state index contributed by atoms with van der Waals surface area (Å²) in [6.07, 6.45) is 1.95. The molecule has 4 N–H and O–H groups in total. The maximum absolute atomic E-state index is 12.9. The van der Waals surface area contributed by atoms with E-state index in [0.29, 0.717) is 48.3 Å². The largest absolute Gasteiger partial charge is 0.374 e. The highest BCUT2D eigenvalue weighted by atomic mass is 35.5. The first-order valence-electron chi connectivity index (χ1n) is 13.4. The van der Waals surface area contributed by atoms with Gasteiger partial charge >= 0.3 is 6.03 Å². The van der Waals surface area contributed by atoms with Crippen molar-refractivity contribution in [1.82, 2.24) is 10.2 Å². The molecule has 1 aliphatic rings. The number of carbonyl (C=O) groups is 1. The average Bonchev–Trinajstić information content (AvgIpc) is 2.95. The molecule has 4 rings (SSSR count). The molecule has 7 nitrogen and oxygen atoms in total. The van der Waals surface area contributed by atoms with Crippen molar-refractivity contribution >= 4 is 46.3 Å². The van der Waals surface area contributed by atoms with Gasteiger partial charge in [-0.3, -0.25) is 0 Å². The van der Waals surface area contributed by atoms with Crippen molar-refractivity contribution in [3.8, 4) is 0 Å². The van der Waals surface area contributed by atoms with Crippen molar-refractivity contribution in [2.24, 2.45) is 0 Å². The van der Waals surface area contributed by atoms with Gasteiger partial charge in [0, 0.05) is 43.6 Å². The summed E-state index contributed by atoms with van der Waals surface area (Å²) in [5.41, 5.74) is 4.64. The molecule has 1 aliphatic heterocycles. The number of nitrogens with zero attached hydrogens (tertiary/aromatic N) is 2. The molecule has 1 saturated heterocycles. The van der Waals surface area contributed by atoms with Crippen LogP contribution < -0.4 is 20.9 Å². The lowest BCUT2D eigenvalue weighted by molar-refractivity contribution is 0.190. The molecule has 2 amide bonds. The van der Waals surface area contributed by atoms with E-state index in [4.69, 9.17) is 23.2 Å². The maximum Gasteiger partial charge on any atom is 0.322 e. The van der Waals surface area contributed by atoms with Crippen LogP contribution in [0.5, 0.6) is 0 Å². The van der Waals surface area contributed by atoms with E-state index in [0.717, 1.165) is 29.8 Å². The molecule has 0 aliphatic carbocycles. The summed E-state index contributed by atoms with van der Waals surface area (Å²) in [4.78, 5) is 16.9. The Bertz CT molecular complexity index is 1190. The van der Waals surface area contributed by atoms with Gasteiger partial charge in [-0.1, -0.05) is 53.5 Å². The number of rotatable bonds is 10. The van der Waals surface area contributed by atoms with Crippen LogP contribution in [0.25, 0.3) is 0 Å². The molecule has 1 heterocycles. The second-order valence-electron chi connectivity index (χ2n) is 9.86. The van der Waals surface area contributed by atoms with E-state index in [1.807, 2.05) is 68.6 Å². The molecule has 0 aromatic heterocycles. The van der Waals surface area contributed by atoms with Crippen molar-refractivity contribution < 1.29 is 9.90 Å². The molecule has 0 bridgehead atoms. The highest BCUT2D eigenvalue weighted by Crippen LogP contribution is 2.34. The molecule has 1 fully saturated rings. The van der Waals surface area contributed by atoms with Gasteiger partial charge in [-0.15, -0.1) is 0 Å². The molecule has 3 aromatic rings. The summed E-state index contributed by atoms with van der Waals surface area (Å²) in [6.45, 7) is 4.60. The van der Waals surface area contributed by atoms with Gasteiger partial charge in [0.25, 0.3) is 0 Å². The number of piperazine rings is 1. The van der Waals surface area contributed by atoms with Crippen LogP contribution in [0.1, 0.15) is 36.9 Å². The lowest BCUT2D eigenvalue weighted by Crippen LogP contribution is -2.50. The molecule has 0 saturated carbocycles. The number of carbonyl (C=O) groups excluding carboxylic acids is 1. The third kappa shape index (κ3) is 8.02. The van der Waals surface area contributed by atoms with Crippen LogP contribution in [-0.2, 0) is 6.42 Å². The van der Waals surface area contributed by atoms with E-state index in [9.17, 15) is 9.90 Å². The summed E-state index contributed by atoms with van der Waals surface area (Å²) >= 11 is 12.9. The Labute approximate surface area is 241 Å². The number of anilines is 3. The van der Waals surface area contributed by atoms with Crippen molar-refractivity contribution in [1.29, 1.82) is 0 Å². The average molecular weight is 571 g/mol. The summed E-state index contributed by atoms with van der Waals surface area (Å²) in [6, 6.07) is 21.9. The number of urea groups is 1. The normalized spacial score (nSPS) is 15.1. The first-order chi connectivity index (χ1) is 18.8. The van der Waals surface area contributed by atoms with Gasteiger partial charge in [0.15, 0.2) is 0 Å². The van der Waals surface area contributed by atoms with Gasteiger partial charge in [-0.2, -0.15) is 0 Å². The predicted molar refractivity (Wildman–Crippen MR) is 162 cm³/mol. The Hall–Kier alpha value is -2.97. The Morgan fingerprint density at radius 2 is 1.62 bits per heavy atom. The molecule has 39 heavy (non-hydrogen) atoms. The Morgan fingerprint density at radius 3 is 2.23 bits per heavy atom. The lowest BCUT2D eigenvalue weighted by Gasteiger charge is -2.36. The fourth-order valence-electron chi connectivity index (χ4n) is 4.66. The highest BCUT2D eigenvalue weighted by molar-refractivity contribution is 6.39. The Morgan fingerprint density at radius 1 is 0.974 bits per heavy atom. The summed E-state index contributed by atoms with van der Waals surface area (Å²) < 4.78 is 0. The maximum atomic E-state index is 12.9. The summed E-state index contributed by atoms with van der Waals surface area (Å²) in [5.74, 6) is 0. The predicted octanol–water partition coefficient (Wildman–Crippen LogP) is 6.38. The van der Waals surface area contributed by atoms with E-state index in [1.165, 1.54) is 5.56 Å². The molecule has 9 heteroatoms. The first-order valence-corrected chi connectivity index (χ1v) is 14.2. The van der Waals surface area contributed by atoms with Gasteiger partial charge in [-0.05, 0) is 80.8 Å². The van der Waals surface area contributed by atoms with Gasteiger partial charge in [-0.25, -0.2) is 4.79 Å². The van der Waals surface area contributed by atoms with E-state index >= 15 is 0 Å². The molecular formula is C30H37Cl2N5O2. The minimum atomic E-state index is -0.591. The van der Waals surface area contributed by atoms with Crippen LogP contribution >= 0.6 is 23.2 Å². The van der Waals surface area contributed by atoms with E-state index < -0.39 is 6.23 Å². The fraction of sp³-hybridized carbons (Fsp3) is 0.367. The SMILES string of the molecule is CNC(C)c1cc(Cl)c(NC(=O)N2CCN(c3ccc(NC(O)CCCc4ccccc4)cc3)CC2)c(Cl)c1. The van der Waals surface area contributed by atoms with Gasteiger partial charge < -0.3 is 30.9 Å². The number of hydrogen-bond acceptors (Lipinski definition) is 5. The zero-order chi connectivity index (χ0) is 27.8. The number of halogens is 2. The third-order valence-electron chi connectivity index (χ3n) is 7.15. The van der Waals surface area contributed by atoms with Crippen LogP contribution in [0.4, 0.5) is 21.9 Å². The minimum absolute atomic E-state index is 0.0951. The number of benzene rings is 3. The molecular weight excluding hydrogens is 533 g/mol. The zero-order valence-corrected chi connectivity index (χ0v) is 24.0. The Kier molecular flexibility index (Phi) is 10.3. The first kappa shape index (κ1) is 29.0. The fourth-order valence-corrected chi connectivity index (χ4v) is 5.26. The lowest BCUT2D eigenvalue weighted by atomic mass is 10.1. The Balaban J connectivity index is 1.23. The summed E-state index contributed by atoms with van der Waals surface area (Å²) in [7, 11) is 1.87. The molecule has 0 radical (unpaired) electrons. The topological polar surface area (TPSA) is 79.9 Å². The van der Waals surface area contributed by atoms with Gasteiger partial charge in [0.1, 0.15) is 6.23 Å². The highest BCUT2D eigenvalue weighted by Gasteiger charge is 2.23. The standard InChI is InChI=1S/C30H37Cl2N5O2/c1-21(33-2)23-19-26(31)29(27(32)20-23)35-30(39)37-17-15-36(16-18-37)25-13-11-24(12-14-25)34-28(38)10-6-9-22-7-4-3-5-8-22/h3-5,7-8,11-14,19-21,28,33-34,38H,6,9-10,15-18H2,1-2H3,(H,35,39). The number of hydrogen-bond donors (Lipinski definition) is 4. The van der Waals surface area contributed by atoms with Crippen molar-refractivity contribution in [2.75, 3.05) is 48.8 Å². The van der Waals surface area contributed by atoms with E-state index in [1.54, 1.807) is 4.90 Å². The molecule has 2 unspecified atom stereocenters. The van der Waals surface area contributed by atoms with Crippen LogP contribution in [0.2, 0.25) is 10.0 Å². The van der Waals surface area contributed by atoms with Crippen LogP contribution in [0.15, 0.2) is 66.7 Å². The van der Waals surface area contributed by atoms with Crippen molar-refractivity contribution in [3.63, 3.8) is 0 Å². The number of amides is 2. The molecule has 3 aromatic carbocycles. The molecule has 0 spiro atoms. The number of aliphatic hydroxyl groups excluding tert-OH is 1. The van der Waals surface area contributed by atoms with Crippen LogP contribution in [0.3, 0.4) is 0 Å².